The molecular formula is C18H24O2. The van der Waals surface area contributed by atoms with E-state index in [2.05, 4.69) is 32.2 Å². The number of carbonyl (C=O) groups excluding carboxylic acids is 1. The van der Waals surface area contributed by atoms with Crippen LogP contribution >= 0.6 is 0 Å². The number of ether oxygens (including phenoxy) is 1. The van der Waals surface area contributed by atoms with E-state index in [1.807, 2.05) is 26.0 Å². The molecule has 20 heavy (non-hydrogen) atoms. The molecule has 0 unspecified atom stereocenters. The van der Waals surface area contributed by atoms with E-state index in [9.17, 15) is 4.79 Å². The van der Waals surface area contributed by atoms with Gasteiger partial charge in [-0.15, -0.1) is 6.58 Å². The Labute approximate surface area is 122 Å². The van der Waals surface area contributed by atoms with Crippen LogP contribution in [0.25, 0.3) is 0 Å². The van der Waals surface area contributed by atoms with Crippen LogP contribution in [-0.2, 0) is 16.0 Å². The molecule has 0 heterocycles. The molecule has 108 valence electrons. The van der Waals surface area contributed by atoms with Gasteiger partial charge in [0.05, 0.1) is 5.92 Å². The lowest BCUT2D eigenvalue weighted by Gasteiger charge is -2.17. The van der Waals surface area contributed by atoms with Gasteiger partial charge in [0.15, 0.2) is 0 Å². The topological polar surface area (TPSA) is 26.3 Å². The second-order valence-corrected chi connectivity index (χ2v) is 5.55. The zero-order valence-corrected chi connectivity index (χ0v) is 12.7. The highest BCUT2D eigenvalue weighted by Gasteiger charge is 2.21. The van der Waals surface area contributed by atoms with Crippen LogP contribution in [0.5, 0.6) is 0 Å². The van der Waals surface area contributed by atoms with Gasteiger partial charge < -0.3 is 4.74 Å². The lowest BCUT2D eigenvalue weighted by molar-refractivity contribution is -0.147. The van der Waals surface area contributed by atoms with Gasteiger partial charge in [-0.05, 0) is 50.3 Å². The Hall–Kier alpha value is -1.83. The molecule has 0 radical (unpaired) electrons. The molecule has 0 bridgehead atoms. The number of benzene rings is 1. The summed E-state index contributed by atoms with van der Waals surface area (Å²) >= 11 is 0. The largest absolute Gasteiger partial charge is 0.461 e. The first kappa shape index (κ1) is 16.2. The summed E-state index contributed by atoms with van der Waals surface area (Å²) in [4.78, 5) is 12.2. The second-order valence-electron chi connectivity index (χ2n) is 5.55. The number of hydrogen-bond donors (Lipinski definition) is 0. The van der Waals surface area contributed by atoms with Crippen molar-refractivity contribution < 1.29 is 9.53 Å². The lowest BCUT2D eigenvalue weighted by Crippen LogP contribution is -2.21. The summed E-state index contributed by atoms with van der Waals surface area (Å²) in [7, 11) is 0. The predicted octanol–water partition coefficient (Wildman–Crippen LogP) is 4.24. The second kappa shape index (κ2) is 7.68. The summed E-state index contributed by atoms with van der Waals surface area (Å²) in [5.41, 5.74) is 4.23. The maximum atomic E-state index is 12.2. The molecule has 0 fully saturated rings. The highest BCUT2D eigenvalue weighted by Crippen LogP contribution is 2.20. The molecule has 0 spiro atoms. The minimum atomic E-state index is -0.173. The first-order valence-electron chi connectivity index (χ1n) is 6.90. The number of aryl methyl sites for hydroxylation is 1. The Kier molecular flexibility index (Phi) is 6.23. The maximum Gasteiger partial charge on any atom is 0.309 e. The minimum absolute atomic E-state index is 0.167. The van der Waals surface area contributed by atoms with E-state index in [1.165, 1.54) is 11.1 Å². The van der Waals surface area contributed by atoms with Crippen molar-refractivity contribution in [3.63, 3.8) is 0 Å². The van der Waals surface area contributed by atoms with Gasteiger partial charge in [-0.25, -0.2) is 0 Å². The average Bonchev–Trinajstić information content (AvgIpc) is 2.37. The molecule has 0 saturated carbocycles. The number of hydrogen-bond acceptors (Lipinski definition) is 2. The summed E-state index contributed by atoms with van der Waals surface area (Å²) in [6.07, 6.45) is 1.35. The molecule has 0 amide bonds. The highest BCUT2D eigenvalue weighted by molar-refractivity contribution is 5.73. The fourth-order valence-corrected chi connectivity index (χ4v) is 2.08. The van der Waals surface area contributed by atoms with E-state index < -0.39 is 0 Å². The first-order chi connectivity index (χ1) is 9.40. The molecule has 0 aliphatic heterocycles. The van der Waals surface area contributed by atoms with Crippen molar-refractivity contribution in [2.24, 2.45) is 5.92 Å². The van der Waals surface area contributed by atoms with Crippen LogP contribution in [0, 0.1) is 12.8 Å². The van der Waals surface area contributed by atoms with Crippen molar-refractivity contribution in [3.8, 4) is 0 Å². The average molecular weight is 272 g/mol. The van der Waals surface area contributed by atoms with Crippen LogP contribution < -0.4 is 0 Å². The molecule has 0 saturated heterocycles. The van der Waals surface area contributed by atoms with Crippen LogP contribution in [0.3, 0.4) is 0 Å². The summed E-state index contributed by atoms with van der Waals surface area (Å²) in [6, 6.07) is 8.13. The summed E-state index contributed by atoms with van der Waals surface area (Å²) in [6.45, 7) is 13.8. The molecule has 2 nitrogen and oxygen atoms in total. The minimum Gasteiger partial charge on any atom is -0.461 e. The molecule has 1 rings (SSSR count). The van der Waals surface area contributed by atoms with Gasteiger partial charge in [-0.2, -0.15) is 0 Å². The first-order valence-corrected chi connectivity index (χ1v) is 6.90. The number of carbonyl (C=O) groups is 1. The molecule has 0 aliphatic rings. The van der Waals surface area contributed by atoms with E-state index >= 15 is 0 Å². The van der Waals surface area contributed by atoms with Gasteiger partial charge in [-0.1, -0.05) is 36.4 Å². The van der Waals surface area contributed by atoms with E-state index in [0.717, 1.165) is 11.1 Å². The van der Waals surface area contributed by atoms with Crippen molar-refractivity contribution in [1.82, 2.24) is 0 Å². The molecular weight excluding hydrogens is 248 g/mol. The third-order valence-corrected chi connectivity index (χ3v) is 3.12. The number of esters is 1. The van der Waals surface area contributed by atoms with Gasteiger partial charge in [0.1, 0.15) is 6.61 Å². The molecule has 0 N–H and O–H groups in total. The monoisotopic (exact) mass is 272 g/mol. The molecule has 2 heteroatoms. The quantitative estimate of drug-likeness (QED) is 0.548. The fraction of sp³-hybridized carbons (Fsp3) is 0.389. The van der Waals surface area contributed by atoms with Gasteiger partial charge in [0, 0.05) is 0 Å². The molecule has 1 aromatic rings. The van der Waals surface area contributed by atoms with Crippen molar-refractivity contribution in [2.75, 3.05) is 6.61 Å². The van der Waals surface area contributed by atoms with Crippen molar-refractivity contribution in [1.29, 1.82) is 0 Å². The summed E-state index contributed by atoms with van der Waals surface area (Å²) in [5.74, 6) is -0.341. The Morgan fingerprint density at radius 1 is 1.20 bits per heavy atom. The standard InChI is InChI=1S/C18H24O2/c1-13(2)10-17(18(19)20-12-14(3)4)11-16-9-7-6-8-15(16)5/h6-9,17H,1,3,10-12H2,2,4-5H3/t17-/m0/s1. The molecule has 0 aromatic heterocycles. The third-order valence-electron chi connectivity index (χ3n) is 3.12. The lowest BCUT2D eigenvalue weighted by atomic mass is 9.91. The van der Waals surface area contributed by atoms with E-state index in [4.69, 9.17) is 4.74 Å². The van der Waals surface area contributed by atoms with Crippen LogP contribution in [-0.4, -0.2) is 12.6 Å². The Bertz CT molecular complexity index is 500. The summed E-state index contributed by atoms with van der Waals surface area (Å²) < 4.78 is 5.30. The predicted molar refractivity (Wildman–Crippen MR) is 83.6 cm³/mol. The van der Waals surface area contributed by atoms with Crippen LogP contribution in [0.2, 0.25) is 0 Å². The molecule has 1 atom stereocenters. The molecule has 0 aliphatic carbocycles. The van der Waals surface area contributed by atoms with Crippen molar-refractivity contribution in [2.45, 2.75) is 33.6 Å². The SMILES string of the molecule is C=C(C)COC(=O)[C@@H](CC(=C)C)Cc1ccccc1C. The fourth-order valence-electron chi connectivity index (χ4n) is 2.08. The Morgan fingerprint density at radius 3 is 2.40 bits per heavy atom. The smallest absolute Gasteiger partial charge is 0.309 e. The van der Waals surface area contributed by atoms with Crippen LogP contribution in [0.1, 0.15) is 31.4 Å². The number of rotatable bonds is 7. The van der Waals surface area contributed by atoms with Gasteiger partial charge in [0.25, 0.3) is 0 Å². The van der Waals surface area contributed by atoms with Crippen LogP contribution in [0.4, 0.5) is 0 Å². The van der Waals surface area contributed by atoms with E-state index in [-0.39, 0.29) is 11.9 Å². The van der Waals surface area contributed by atoms with Gasteiger partial charge >= 0.3 is 5.97 Å². The molecule has 1 aromatic carbocycles. The zero-order valence-electron chi connectivity index (χ0n) is 12.7. The zero-order chi connectivity index (χ0) is 15.1. The highest BCUT2D eigenvalue weighted by atomic mass is 16.5. The van der Waals surface area contributed by atoms with Crippen LogP contribution in [0.15, 0.2) is 48.6 Å². The van der Waals surface area contributed by atoms with Crippen molar-refractivity contribution >= 4 is 5.97 Å². The van der Waals surface area contributed by atoms with E-state index in [1.54, 1.807) is 0 Å². The Balaban J connectivity index is 2.78. The maximum absolute atomic E-state index is 12.2. The van der Waals surface area contributed by atoms with E-state index in [0.29, 0.717) is 19.4 Å². The van der Waals surface area contributed by atoms with Gasteiger partial charge in [-0.3, -0.25) is 4.79 Å². The Morgan fingerprint density at radius 2 is 1.85 bits per heavy atom. The summed E-state index contributed by atoms with van der Waals surface area (Å²) in [5, 5.41) is 0. The normalized spacial score (nSPS) is 11.8. The van der Waals surface area contributed by atoms with Gasteiger partial charge in [0.2, 0.25) is 0 Å². The van der Waals surface area contributed by atoms with Crippen molar-refractivity contribution in [3.05, 3.63) is 59.7 Å². The third kappa shape index (κ3) is 5.43. The number of allylic oxidation sites excluding steroid dienone is 1.